The third kappa shape index (κ3) is 4.39. The van der Waals surface area contributed by atoms with Crippen LogP contribution in [0.25, 0.3) is 11.8 Å². The number of halogens is 1. The fourth-order valence-corrected chi connectivity index (χ4v) is 3.36. The lowest BCUT2D eigenvalue weighted by Crippen LogP contribution is -2.00. The van der Waals surface area contributed by atoms with Gasteiger partial charge in [-0.2, -0.15) is 0 Å². The topological polar surface area (TPSA) is 54.0 Å². The van der Waals surface area contributed by atoms with Crippen LogP contribution in [-0.4, -0.2) is 26.3 Å². The van der Waals surface area contributed by atoms with Gasteiger partial charge in [0.05, 0.1) is 30.4 Å². The number of hydrogen-bond acceptors (Lipinski definition) is 5. The highest BCUT2D eigenvalue weighted by molar-refractivity contribution is 9.10. The minimum absolute atomic E-state index is 0.395. The van der Waals surface area contributed by atoms with E-state index in [0.29, 0.717) is 36.0 Å². The number of carbonyl (C=O) groups excluding carboxylic acids is 1. The highest BCUT2D eigenvalue weighted by Crippen LogP contribution is 2.38. The Kier molecular flexibility index (Phi) is 6.41. The van der Waals surface area contributed by atoms with Crippen LogP contribution >= 0.6 is 15.9 Å². The van der Waals surface area contributed by atoms with Crippen molar-refractivity contribution < 1.29 is 23.7 Å². The molecule has 0 aromatic heterocycles. The van der Waals surface area contributed by atoms with E-state index in [1.54, 1.807) is 19.3 Å². The predicted octanol–water partition coefficient (Wildman–Crippen LogP) is 5.24. The average Bonchev–Trinajstić information content (AvgIpc) is 3.05. The first-order valence-electron chi connectivity index (χ1n) is 8.94. The summed E-state index contributed by atoms with van der Waals surface area (Å²) in [6.07, 6.45) is 3.50. The minimum atomic E-state index is -0.395. The summed E-state index contributed by atoms with van der Waals surface area (Å²) < 4.78 is 22.7. The molecule has 1 aliphatic heterocycles. The van der Waals surface area contributed by atoms with E-state index in [4.69, 9.17) is 18.9 Å². The van der Waals surface area contributed by atoms with Gasteiger partial charge in [0.1, 0.15) is 11.5 Å². The fraction of sp³-hybridized carbons (Fsp3) is 0.227. The van der Waals surface area contributed by atoms with Gasteiger partial charge in [0.25, 0.3) is 0 Å². The van der Waals surface area contributed by atoms with Gasteiger partial charge in [-0.25, -0.2) is 4.79 Å². The second-order valence-electron chi connectivity index (χ2n) is 5.92. The molecule has 1 heterocycles. The maximum absolute atomic E-state index is 12.3. The molecule has 0 fully saturated rings. The summed E-state index contributed by atoms with van der Waals surface area (Å²) in [4.78, 5) is 12.3. The van der Waals surface area contributed by atoms with Crippen LogP contribution in [0.2, 0.25) is 0 Å². The van der Waals surface area contributed by atoms with E-state index in [1.807, 2.05) is 50.2 Å². The highest BCUT2D eigenvalue weighted by Gasteiger charge is 2.22. The van der Waals surface area contributed by atoms with Crippen LogP contribution in [0.3, 0.4) is 0 Å². The molecule has 0 saturated heterocycles. The number of hydrogen-bond donors (Lipinski definition) is 0. The van der Waals surface area contributed by atoms with Gasteiger partial charge in [-0.15, -0.1) is 0 Å². The van der Waals surface area contributed by atoms with E-state index in [-0.39, 0.29) is 0 Å². The molecule has 146 valence electrons. The summed E-state index contributed by atoms with van der Waals surface area (Å²) in [5, 5.41) is 0. The van der Waals surface area contributed by atoms with E-state index in [2.05, 4.69) is 15.9 Å². The Labute approximate surface area is 172 Å². The molecule has 0 N–H and O–H groups in total. The zero-order valence-electron chi connectivity index (χ0n) is 16.0. The Bertz CT molecular complexity index is 929. The monoisotopic (exact) mass is 444 g/mol. The Morgan fingerprint density at radius 2 is 1.79 bits per heavy atom. The molecule has 2 aromatic rings. The van der Waals surface area contributed by atoms with Gasteiger partial charge in [-0.05, 0) is 83.9 Å². The molecule has 0 atom stereocenters. The number of methoxy groups -OCH3 is 1. The van der Waals surface area contributed by atoms with Crippen LogP contribution in [0, 0.1) is 0 Å². The van der Waals surface area contributed by atoms with Gasteiger partial charge in [-0.3, -0.25) is 0 Å². The summed E-state index contributed by atoms with van der Waals surface area (Å²) in [7, 11) is 1.61. The highest BCUT2D eigenvalue weighted by atomic mass is 79.9. The van der Waals surface area contributed by atoms with E-state index in [9.17, 15) is 4.79 Å². The number of benzene rings is 2. The van der Waals surface area contributed by atoms with Gasteiger partial charge in [-0.1, -0.05) is 0 Å². The first kappa shape index (κ1) is 20.0. The second-order valence-corrected chi connectivity index (χ2v) is 6.78. The van der Waals surface area contributed by atoms with Gasteiger partial charge >= 0.3 is 5.97 Å². The van der Waals surface area contributed by atoms with Crippen LogP contribution in [0.1, 0.15) is 25.0 Å². The molecule has 2 aromatic carbocycles. The standard InChI is InChI=1S/C22H21BrO5/c1-4-26-20-12-14(11-18(23)21(20)27-5-2)10-16-13-19(28-22(16)24)15-6-8-17(25-3)9-7-15/h6-13H,4-5H2,1-3H3/b16-10-. The van der Waals surface area contributed by atoms with Crippen LogP contribution < -0.4 is 14.2 Å². The van der Waals surface area contributed by atoms with Crippen molar-refractivity contribution in [2.24, 2.45) is 0 Å². The number of cyclic esters (lactones) is 1. The molecular formula is C22H21BrO5. The quantitative estimate of drug-likeness (QED) is 0.431. The Morgan fingerprint density at radius 3 is 2.43 bits per heavy atom. The number of carbonyl (C=O) groups is 1. The third-order valence-electron chi connectivity index (χ3n) is 4.04. The van der Waals surface area contributed by atoms with Crippen molar-refractivity contribution >= 4 is 33.7 Å². The SMILES string of the molecule is CCOc1cc(/C=C2/C=C(c3ccc(OC)cc3)OC2=O)cc(Br)c1OCC. The van der Waals surface area contributed by atoms with E-state index in [1.165, 1.54) is 0 Å². The molecule has 0 amide bonds. The molecule has 28 heavy (non-hydrogen) atoms. The summed E-state index contributed by atoms with van der Waals surface area (Å²) in [6.45, 7) is 4.86. The zero-order chi connectivity index (χ0) is 20.1. The van der Waals surface area contributed by atoms with Crippen molar-refractivity contribution in [3.05, 3.63) is 63.6 Å². The van der Waals surface area contributed by atoms with Crippen molar-refractivity contribution in [1.82, 2.24) is 0 Å². The molecule has 0 spiro atoms. The van der Waals surface area contributed by atoms with Crippen LogP contribution in [0.15, 0.2) is 52.5 Å². The first-order valence-corrected chi connectivity index (χ1v) is 9.74. The maximum atomic E-state index is 12.3. The van der Waals surface area contributed by atoms with Gasteiger partial charge in [0.2, 0.25) is 0 Å². The number of esters is 1. The van der Waals surface area contributed by atoms with Crippen molar-refractivity contribution in [2.45, 2.75) is 13.8 Å². The maximum Gasteiger partial charge on any atom is 0.343 e. The Hall–Kier alpha value is -2.73. The molecular weight excluding hydrogens is 424 g/mol. The van der Waals surface area contributed by atoms with Gasteiger partial charge in [0, 0.05) is 5.56 Å². The Balaban J connectivity index is 1.93. The van der Waals surface area contributed by atoms with Crippen LogP contribution in [0.4, 0.5) is 0 Å². The van der Waals surface area contributed by atoms with E-state index < -0.39 is 5.97 Å². The van der Waals surface area contributed by atoms with Gasteiger partial charge < -0.3 is 18.9 Å². The summed E-state index contributed by atoms with van der Waals surface area (Å²) in [6, 6.07) is 11.1. The molecule has 0 aliphatic carbocycles. The van der Waals surface area contributed by atoms with E-state index >= 15 is 0 Å². The first-order chi connectivity index (χ1) is 13.5. The lowest BCUT2D eigenvalue weighted by molar-refractivity contribution is -0.130. The third-order valence-corrected chi connectivity index (χ3v) is 4.63. The second kappa shape index (κ2) is 8.97. The molecule has 6 heteroatoms. The summed E-state index contributed by atoms with van der Waals surface area (Å²) in [5.41, 5.74) is 2.07. The normalized spacial score (nSPS) is 14.6. The predicted molar refractivity (Wildman–Crippen MR) is 112 cm³/mol. The summed E-state index contributed by atoms with van der Waals surface area (Å²) >= 11 is 3.52. The molecule has 1 aliphatic rings. The molecule has 5 nitrogen and oxygen atoms in total. The number of ether oxygens (including phenoxy) is 4. The van der Waals surface area contributed by atoms with Gasteiger partial charge in [0.15, 0.2) is 11.5 Å². The van der Waals surface area contributed by atoms with Crippen LogP contribution in [0.5, 0.6) is 17.2 Å². The fourth-order valence-electron chi connectivity index (χ4n) is 2.78. The molecule has 0 saturated carbocycles. The largest absolute Gasteiger partial charge is 0.497 e. The smallest absolute Gasteiger partial charge is 0.343 e. The minimum Gasteiger partial charge on any atom is -0.497 e. The lowest BCUT2D eigenvalue weighted by atomic mass is 10.1. The lowest BCUT2D eigenvalue weighted by Gasteiger charge is -2.13. The summed E-state index contributed by atoms with van der Waals surface area (Å²) in [5.74, 6) is 2.13. The zero-order valence-corrected chi connectivity index (χ0v) is 17.5. The molecule has 0 bridgehead atoms. The van der Waals surface area contributed by atoms with Crippen molar-refractivity contribution in [3.63, 3.8) is 0 Å². The van der Waals surface area contributed by atoms with Crippen molar-refractivity contribution in [1.29, 1.82) is 0 Å². The average molecular weight is 445 g/mol. The Morgan fingerprint density at radius 1 is 1.07 bits per heavy atom. The van der Waals surface area contributed by atoms with Crippen molar-refractivity contribution in [3.8, 4) is 17.2 Å². The molecule has 3 rings (SSSR count). The molecule has 0 radical (unpaired) electrons. The van der Waals surface area contributed by atoms with E-state index in [0.717, 1.165) is 21.3 Å². The van der Waals surface area contributed by atoms with Crippen LogP contribution in [-0.2, 0) is 9.53 Å². The van der Waals surface area contributed by atoms with Crippen molar-refractivity contribution in [2.75, 3.05) is 20.3 Å². The number of rotatable bonds is 7. The molecule has 0 unspecified atom stereocenters.